The van der Waals surface area contributed by atoms with Gasteiger partial charge in [-0.3, -0.25) is 0 Å². The molecule has 0 saturated heterocycles. The molecular formula is C11H26N2S. The van der Waals surface area contributed by atoms with Crippen LogP contribution in [-0.2, 0) is 0 Å². The molecule has 86 valence electrons. The predicted octanol–water partition coefficient (Wildman–Crippen LogP) is 2.06. The van der Waals surface area contributed by atoms with Gasteiger partial charge in [0.25, 0.3) is 0 Å². The molecule has 0 amide bonds. The third-order valence-electron chi connectivity index (χ3n) is 2.19. The fourth-order valence-corrected chi connectivity index (χ4v) is 2.08. The van der Waals surface area contributed by atoms with Gasteiger partial charge in [0.2, 0.25) is 0 Å². The minimum Gasteiger partial charge on any atom is -0.318 e. The van der Waals surface area contributed by atoms with Crippen LogP contribution >= 0.6 is 11.8 Å². The standard InChI is InChI=1S/C11H26N2S/c1-4-8-13(10-7-12-3)9-6-11-14-5-2/h12H,4-11H2,1-3H3. The van der Waals surface area contributed by atoms with Crippen molar-refractivity contribution in [3.8, 4) is 0 Å². The van der Waals surface area contributed by atoms with Crippen LogP contribution in [0.1, 0.15) is 26.7 Å². The summed E-state index contributed by atoms with van der Waals surface area (Å²) in [5, 5.41) is 3.21. The number of nitrogens with zero attached hydrogens (tertiary/aromatic N) is 1. The first-order valence-corrected chi connectivity index (χ1v) is 6.95. The molecule has 0 heterocycles. The summed E-state index contributed by atoms with van der Waals surface area (Å²) in [6.45, 7) is 9.31. The first-order valence-electron chi connectivity index (χ1n) is 5.79. The van der Waals surface area contributed by atoms with Gasteiger partial charge in [-0.25, -0.2) is 0 Å². The third kappa shape index (κ3) is 8.85. The molecule has 14 heavy (non-hydrogen) atoms. The summed E-state index contributed by atoms with van der Waals surface area (Å²) < 4.78 is 0. The minimum absolute atomic E-state index is 1.11. The van der Waals surface area contributed by atoms with Crippen molar-refractivity contribution in [3.05, 3.63) is 0 Å². The van der Waals surface area contributed by atoms with Crippen LogP contribution in [0.4, 0.5) is 0 Å². The van der Waals surface area contributed by atoms with Gasteiger partial charge in [0.1, 0.15) is 0 Å². The lowest BCUT2D eigenvalue weighted by Gasteiger charge is -2.21. The number of nitrogens with one attached hydrogen (secondary N) is 1. The van der Waals surface area contributed by atoms with Crippen LogP contribution in [0.2, 0.25) is 0 Å². The van der Waals surface area contributed by atoms with Crippen LogP contribution in [0.5, 0.6) is 0 Å². The van der Waals surface area contributed by atoms with Gasteiger partial charge in [-0.15, -0.1) is 0 Å². The number of hydrogen-bond donors (Lipinski definition) is 1. The van der Waals surface area contributed by atoms with E-state index in [-0.39, 0.29) is 0 Å². The molecule has 0 bridgehead atoms. The molecule has 0 atom stereocenters. The molecule has 0 aliphatic heterocycles. The Hall–Kier alpha value is 0.270. The van der Waals surface area contributed by atoms with Gasteiger partial charge in [-0.05, 0) is 44.5 Å². The zero-order chi connectivity index (χ0) is 10.6. The Morgan fingerprint density at radius 2 is 1.93 bits per heavy atom. The molecule has 0 spiro atoms. The summed E-state index contributed by atoms with van der Waals surface area (Å²) >= 11 is 2.05. The van der Waals surface area contributed by atoms with E-state index in [4.69, 9.17) is 0 Å². The van der Waals surface area contributed by atoms with Crippen LogP contribution in [0, 0.1) is 0 Å². The summed E-state index contributed by atoms with van der Waals surface area (Å²) in [4.78, 5) is 2.56. The van der Waals surface area contributed by atoms with Crippen LogP contribution in [0.15, 0.2) is 0 Å². The topological polar surface area (TPSA) is 15.3 Å². The highest BCUT2D eigenvalue weighted by Crippen LogP contribution is 2.02. The van der Waals surface area contributed by atoms with E-state index in [1.807, 2.05) is 18.8 Å². The van der Waals surface area contributed by atoms with Gasteiger partial charge in [-0.2, -0.15) is 11.8 Å². The smallest absolute Gasteiger partial charge is 0.0107 e. The molecule has 0 radical (unpaired) electrons. The van der Waals surface area contributed by atoms with E-state index in [1.165, 1.54) is 44.0 Å². The Labute approximate surface area is 93.8 Å². The highest BCUT2D eigenvalue weighted by atomic mass is 32.2. The summed E-state index contributed by atoms with van der Waals surface area (Å²) in [5.74, 6) is 2.57. The molecule has 0 saturated carbocycles. The van der Waals surface area contributed by atoms with E-state index in [9.17, 15) is 0 Å². The Kier molecular flexibility index (Phi) is 11.6. The lowest BCUT2D eigenvalue weighted by Crippen LogP contribution is -2.32. The van der Waals surface area contributed by atoms with Gasteiger partial charge in [0.05, 0.1) is 0 Å². The number of rotatable bonds is 10. The maximum Gasteiger partial charge on any atom is 0.0107 e. The fraction of sp³-hybridized carbons (Fsp3) is 1.00. The van der Waals surface area contributed by atoms with Gasteiger partial charge in [0.15, 0.2) is 0 Å². The molecule has 0 rings (SSSR count). The maximum absolute atomic E-state index is 3.21. The quantitative estimate of drug-likeness (QED) is 0.565. The van der Waals surface area contributed by atoms with E-state index in [0.717, 1.165) is 6.54 Å². The van der Waals surface area contributed by atoms with Gasteiger partial charge >= 0.3 is 0 Å². The van der Waals surface area contributed by atoms with Crippen LogP contribution < -0.4 is 5.32 Å². The SMILES string of the molecule is CCCN(CCCSCC)CCNC. The van der Waals surface area contributed by atoms with Crippen molar-refractivity contribution in [2.75, 3.05) is 44.7 Å². The molecule has 0 aromatic heterocycles. The lowest BCUT2D eigenvalue weighted by molar-refractivity contribution is 0.277. The monoisotopic (exact) mass is 218 g/mol. The zero-order valence-corrected chi connectivity index (χ0v) is 10.8. The molecule has 0 aliphatic rings. The normalized spacial score (nSPS) is 11.1. The molecule has 0 unspecified atom stereocenters. The fourth-order valence-electron chi connectivity index (χ4n) is 1.46. The molecule has 1 N–H and O–H groups in total. The molecule has 2 nitrogen and oxygen atoms in total. The van der Waals surface area contributed by atoms with Crippen LogP contribution in [-0.4, -0.2) is 49.6 Å². The largest absolute Gasteiger partial charge is 0.318 e. The van der Waals surface area contributed by atoms with Crippen LogP contribution in [0.3, 0.4) is 0 Å². The second-order valence-corrected chi connectivity index (χ2v) is 4.89. The molecular weight excluding hydrogens is 192 g/mol. The summed E-state index contributed by atoms with van der Waals surface area (Å²) in [7, 11) is 2.02. The second-order valence-electron chi connectivity index (χ2n) is 3.50. The van der Waals surface area contributed by atoms with E-state index >= 15 is 0 Å². The Balaban J connectivity index is 3.40. The van der Waals surface area contributed by atoms with E-state index in [2.05, 4.69) is 24.1 Å². The lowest BCUT2D eigenvalue weighted by atomic mass is 10.3. The van der Waals surface area contributed by atoms with Crippen molar-refractivity contribution in [2.45, 2.75) is 26.7 Å². The summed E-state index contributed by atoms with van der Waals surface area (Å²) in [6, 6.07) is 0. The molecule has 0 aliphatic carbocycles. The molecule has 0 aromatic rings. The molecule has 0 fully saturated rings. The molecule has 3 heteroatoms. The predicted molar refractivity (Wildman–Crippen MR) is 68.3 cm³/mol. The van der Waals surface area contributed by atoms with Crippen LogP contribution in [0.25, 0.3) is 0 Å². The van der Waals surface area contributed by atoms with Crippen molar-refractivity contribution >= 4 is 11.8 Å². The van der Waals surface area contributed by atoms with Gasteiger partial charge in [-0.1, -0.05) is 13.8 Å². The van der Waals surface area contributed by atoms with Crippen molar-refractivity contribution in [2.24, 2.45) is 0 Å². The first kappa shape index (κ1) is 14.3. The van der Waals surface area contributed by atoms with Crippen molar-refractivity contribution in [3.63, 3.8) is 0 Å². The zero-order valence-electron chi connectivity index (χ0n) is 10.0. The van der Waals surface area contributed by atoms with Gasteiger partial charge in [0, 0.05) is 13.1 Å². The Bertz CT molecular complexity index is 109. The third-order valence-corrected chi connectivity index (χ3v) is 3.17. The Morgan fingerprint density at radius 3 is 2.50 bits per heavy atom. The Morgan fingerprint density at radius 1 is 1.14 bits per heavy atom. The number of likely N-dealkylation sites (N-methyl/N-ethyl adjacent to an activating group) is 1. The van der Waals surface area contributed by atoms with Crippen molar-refractivity contribution in [1.82, 2.24) is 10.2 Å². The van der Waals surface area contributed by atoms with E-state index in [0.29, 0.717) is 0 Å². The second kappa shape index (κ2) is 11.3. The van der Waals surface area contributed by atoms with E-state index in [1.54, 1.807) is 0 Å². The highest BCUT2D eigenvalue weighted by Gasteiger charge is 2.01. The average Bonchev–Trinajstić information content (AvgIpc) is 2.20. The summed E-state index contributed by atoms with van der Waals surface area (Å²) in [5.41, 5.74) is 0. The van der Waals surface area contributed by atoms with Gasteiger partial charge < -0.3 is 10.2 Å². The molecule has 0 aromatic carbocycles. The average molecular weight is 218 g/mol. The maximum atomic E-state index is 3.21. The number of thioether (sulfide) groups is 1. The first-order chi connectivity index (χ1) is 6.85. The van der Waals surface area contributed by atoms with E-state index < -0.39 is 0 Å². The van der Waals surface area contributed by atoms with Crippen molar-refractivity contribution in [1.29, 1.82) is 0 Å². The number of hydrogen-bond acceptors (Lipinski definition) is 3. The summed E-state index contributed by atoms with van der Waals surface area (Å²) in [6.07, 6.45) is 2.60. The minimum atomic E-state index is 1.11. The highest BCUT2D eigenvalue weighted by molar-refractivity contribution is 7.99. The van der Waals surface area contributed by atoms with Crippen molar-refractivity contribution < 1.29 is 0 Å².